The van der Waals surface area contributed by atoms with E-state index in [4.69, 9.17) is 10.5 Å². The molecule has 0 amide bonds. The summed E-state index contributed by atoms with van der Waals surface area (Å²) >= 11 is 0. The van der Waals surface area contributed by atoms with E-state index in [-0.39, 0.29) is 0 Å². The highest BCUT2D eigenvalue weighted by atomic mass is 14.4. The Kier molecular flexibility index (Phi) is 5.41. The third-order valence-electron chi connectivity index (χ3n) is 7.00. The van der Waals surface area contributed by atoms with E-state index in [1.54, 1.807) is 0 Å². The quantitative estimate of drug-likeness (QED) is 0.680. The highest BCUT2D eigenvalue weighted by Gasteiger charge is 2.35. The fourth-order valence-electron chi connectivity index (χ4n) is 5.56. The van der Waals surface area contributed by atoms with Crippen LogP contribution in [-0.4, -0.2) is 0 Å². The fourth-order valence-corrected chi connectivity index (χ4v) is 5.56. The lowest BCUT2D eigenvalue weighted by Gasteiger charge is -2.41. The van der Waals surface area contributed by atoms with Gasteiger partial charge in [-0.1, -0.05) is 19.3 Å². The summed E-state index contributed by atoms with van der Waals surface area (Å²) in [4.78, 5) is 0. The number of nitriles is 2. The van der Waals surface area contributed by atoms with E-state index in [0.29, 0.717) is 11.8 Å². The second-order valence-corrected chi connectivity index (χ2v) is 8.17. The predicted molar refractivity (Wildman–Crippen MR) is 87.6 cm³/mol. The molecule has 3 aliphatic carbocycles. The first kappa shape index (κ1) is 15.9. The molecule has 3 rings (SSSR count). The van der Waals surface area contributed by atoms with Crippen LogP contribution < -0.4 is 0 Å². The van der Waals surface area contributed by atoms with E-state index in [0.717, 1.165) is 49.4 Å². The van der Waals surface area contributed by atoms with Gasteiger partial charge in [0.15, 0.2) is 0 Å². The molecule has 0 aromatic heterocycles. The Labute approximate surface area is 135 Å². The van der Waals surface area contributed by atoms with Crippen molar-refractivity contribution >= 4 is 0 Å². The number of nitrogens with zero attached hydrogens (tertiary/aromatic N) is 2. The monoisotopic (exact) mass is 298 g/mol. The molecule has 0 spiro atoms. The summed E-state index contributed by atoms with van der Waals surface area (Å²) in [5, 5.41) is 18.1. The molecule has 22 heavy (non-hydrogen) atoms. The summed E-state index contributed by atoms with van der Waals surface area (Å²) in [5.41, 5.74) is 0. The van der Waals surface area contributed by atoms with Gasteiger partial charge in [0, 0.05) is 11.8 Å². The fraction of sp³-hybridized carbons (Fsp3) is 0.900. The van der Waals surface area contributed by atoms with Crippen molar-refractivity contribution in [1.29, 1.82) is 10.5 Å². The van der Waals surface area contributed by atoms with Crippen LogP contribution in [0.4, 0.5) is 0 Å². The van der Waals surface area contributed by atoms with Gasteiger partial charge in [-0.3, -0.25) is 0 Å². The summed E-state index contributed by atoms with van der Waals surface area (Å²) in [6, 6.07) is 4.94. The van der Waals surface area contributed by atoms with Crippen molar-refractivity contribution in [3.8, 4) is 12.1 Å². The number of rotatable bonds is 2. The molecule has 0 heterocycles. The molecule has 120 valence electrons. The SMILES string of the molecule is N#CC1CCC(C2CCCC(C3CCC(C#N)CC3)C2)CC1. The minimum Gasteiger partial charge on any atom is -0.198 e. The summed E-state index contributed by atoms with van der Waals surface area (Å²) in [5.74, 6) is 4.37. The van der Waals surface area contributed by atoms with Crippen molar-refractivity contribution < 1.29 is 0 Å². The van der Waals surface area contributed by atoms with E-state index >= 15 is 0 Å². The van der Waals surface area contributed by atoms with Crippen LogP contribution in [0, 0.1) is 58.2 Å². The summed E-state index contributed by atoms with van der Waals surface area (Å²) in [6.07, 6.45) is 15.5. The maximum atomic E-state index is 9.07. The van der Waals surface area contributed by atoms with E-state index < -0.39 is 0 Å². The van der Waals surface area contributed by atoms with Crippen molar-refractivity contribution in [1.82, 2.24) is 0 Å². The molecule has 3 aliphatic rings. The van der Waals surface area contributed by atoms with E-state index in [1.165, 1.54) is 51.4 Å². The average molecular weight is 298 g/mol. The Morgan fingerprint density at radius 1 is 0.500 bits per heavy atom. The lowest BCUT2D eigenvalue weighted by molar-refractivity contribution is 0.102. The Bertz CT molecular complexity index is 388. The predicted octanol–water partition coefficient (Wildman–Crippen LogP) is 5.45. The zero-order chi connectivity index (χ0) is 15.4. The Morgan fingerprint density at radius 3 is 1.27 bits per heavy atom. The van der Waals surface area contributed by atoms with Gasteiger partial charge in [0.2, 0.25) is 0 Å². The van der Waals surface area contributed by atoms with Crippen molar-refractivity contribution in [2.24, 2.45) is 35.5 Å². The van der Waals surface area contributed by atoms with Gasteiger partial charge in [0.25, 0.3) is 0 Å². The Morgan fingerprint density at radius 2 is 0.909 bits per heavy atom. The minimum absolute atomic E-state index is 0.344. The third-order valence-corrected chi connectivity index (χ3v) is 7.00. The van der Waals surface area contributed by atoms with E-state index in [2.05, 4.69) is 12.1 Å². The molecule has 2 heteroatoms. The van der Waals surface area contributed by atoms with Crippen LogP contribution in [-0.2, 0) is 0 Å². The Balaban J connectivity index is 1.50. The smallest absolute Gasteiger partial charge is 0.0655 e. The second-order valence-electron chi connectivity index (χ2n) is 8.17. The zero-order valence-corrected chi connectivity index (χ0v) is 13.8. The van der Waals surface area contributed by atoms with Gasteiger partial charge in [-0.05, 0) is 81.5 Å². The first-order valence-electron chi connectivity index (χ1n) is 9.59. The standard InChI is InChI=1S/C20H30N2/c21-13-15-4-8-17(9-5-15)19-2-1-3-20(12-19)18-10-6-16(14-22)7-11-18/h15-20H,1-12H2. The average Bonchev–Trinajstić information content (AvgIpc) is 2.62. The van der Waals surface area contributed by atoms with Gasteiger partial charge >= 0.3 is 0 Å². The second kappa shape index (κ2) is 7.50. The van der Waals surface area contributed by atoms with Crippen LogP contribution >= 0.6 is 0 Å². The van der Waals surface area contributed by atoms with Crippen LogP contribution in [0.15, 0.2) is 0 Å². The van der Waals surface area contributed by atoms with E-state index in [1.807, 2.05) is 0 Å². The van der Waals surface area contributed by atoms with Gasteiger partial charge in [0.1, 0.15) is 0 Å². The molecule has 2 nitrogen and oxygen atoms in total. The molecule has 0 saturated heterocycles. The minimum atomic E-state index is 0.344. The summed E-state index contributed by atoms with van der Waals surface area (Å²) in [6.45, 7) is 0. The van der Waals surface area contributed by atoms with Crippen molar-refractivity contribution in [2.75, 3.05) is 0 Å². The molecular formula is C20H30N2. The highest BCUT2D eigenvalue weighted by molar-refractivity contribution is 4.92. The van der Waals surface area contributed by atoms with Crippen molar-refractivity contribution in [3.63, 3.8) is 0 Å². The van der Waals surface area contributed by atoms with Crippen LogP contribution in [0.5, 0.6) is 0 Å². The highest BCUT2D eigenvalue weighted by Crippen LogP contribution is 2.46. The van der Waals surface area contributed by atoms with Gasteiger partial charge < -0.3 is 0 Å². The van der Waals surface area contributed by atoms with Gasteiger partial charge in [-0.2, -0.15) is 10.5 Å². The number of hydrogen-bond donors (Lipinski definition) is 0. The first-order valence-corrected chi connectivity index (χ1v) is 9.59. The molecule has 0 aromatic carbocycles. The Hall–Kier alpha value is -1.02. The lowest BCUT2D eigenvalue weighted by Crippen LogP contribution is -2.30. The maximum Gasteiger partial charge on any atom is 0.0655 e. The maximum absolute atomic E-state index is 9.07. The molecule has 2 unspecified atom stereocenters. The molecule has 2 atom stereocenters. The normalized spacial score (nSPS) is 43.0. The zero-order valence-electron chi connectivity index (χ0n) is 13.8. The van der Waals surface area contributed by atoms with Crippen LogP contribution in [0.1, 0.15) is 77.0 Å². The molecule has 0 aromatic rings. The van der Waals surface area contributed by atoms with Gasteiger partial charge in [0.05, 0.1) is 12.1 Å². The molecule has 3 fully saturated rings. The molecule has 0 bridgehead atoms. The number of hydrogen-bond acceptors (Lipinski definition) is 2. The molecule has 3 saturated carbocycles. The third kappa shape index (κ3) is 3.65. The molecule has 0 aliphatic heterocycles. The van der Waals surface area contributed by atoms with Crippen LogP contribution in [0.25, 0.3) is 0 Å². The first-order chi connectivity index (χ1) is 10.8. The molecular weight excluding hydrogens is 268 g/mol. The van der Waals surface area contributed by atoms with Crippen LogP contribution in [0.2, 0.25) is 0 Å². The topological polar surface area (TPSA) is 47.6 Å². The van der Waals surface area contributed by atoms with Gasteiger partial charge in [-0.25, -0.2) is 0 Å². The lowest BCUT2D eigenvalue weighted by atomic mass is 9.64. The van der Waals surface area contributed by atoms with E-state index in [9.17, 15) is 0 Å². The van der Waals surface area contributed by atoms with Crippen molar-refractivity contribution in [2.45, 2.75) is 77.0 Å². The summed E-state index contributed by atoms with van der Waals surface area (Å²) in [7, 11) is 0. The molecule has 0 N–H and O–H groups in total. The van der Waals surface area contributed by atoms with Gasteiger partial charge in [-0.15, -0.1) is 0 Å². The van der Waals surface area contributed by atoms with Crippen molar-refractivity contribution in [3.05, 3.63) is 0 Å². The summed E-state index contributed by atoms with van der Waals surface area (Å²) < 4.78 is 0. The largest absolute Gasteiger partial charge is 0.198 e. The van der Waals surface area contributed by atoms with Crippen LogP contribution in [0.3, 0.4) is 0 Å². The molecule has 0 radical (unpaired) electrons.